The van der Waals surface area contributed by atoms with E-state index >= 15 is 0 Å². The Balaban J connectivity index is 2.42. The molecule has 0 amide bonds. The highest BCUT2D eigenvalue weighted by molar-refractivity contribution is 7.93. The summed E-state index contributed by atoms with van der Waals surface area (Å²) in [5.41, 5.74) is 1.71. The Bertz CT molecular complexity index is 708. The van der Waals surface area contributed by atoms with Gasteiger partial charge in [-0.2, -0.15) is 0 Å². The molecule has 0 aliphatic rings. The maximum absolute atomic E-state index is 12.4. The molecule has 0 radical (unpaired) electrons. The molecule has 0 spiro atoms. The second kappa shape index (κ2) is 5.80. The summed E-state index contributed by atoms with van der Waals surface area (Å²) in [6.07, 6.45) is 0.753. The second-order valence-corrected chi connectivity index (χ2v) is 6.75. The molecule has 7 heteroatoms. The van der Waals surface area contributed by atoms with Gasteiger partial charge in [-0.05, 0) is 31.0 Å². The van der Waals surface area contributed by atoms with Gasteiger partial charge < -0.3 is 4.74 Å². The van der Waals surface area contributed by atoms with Crippen molar-refractivity contribution in [3.8, 4) is 5.75 Å². The van der Waals surface area contributed by atoms with Gasteiger partial charge in [-0.3, -0.25) is 4.72 Å². The number of anilines is 1. The fourth-order valence-corrected chi connectivity index (χ4v) is 3.88. The lowest BCUT2D eigenvalue weighted by molar-refractivity contribution is 0.402. The molecule has 1 N–H and O–H groups in total. The van der Waals surface area contributed by atoms with Gasteiger partial charge in [-0.15, -0.1) is 11.3 Å². The number of nitrogens with zero attached hydrogens (tertiary/aromatic N) is 1. The SMILES string of the molecule is CCc1ccc(OC)c(S(=O)(=O)Nc2nc(C)cs2)c1. The quantitative estimate of drug-likeness (QED) is 0.922. The number of hydrogen-bond acceptors (Lipinski definition) is 5. The van der Waals surface area contributed by atoms with E-state index in [0.29, 0.717) is 10.9 Å². The van der Waals surface area contributed by atoms with Gasteiger partial charge in [-0.1, -0.05) is 13.0 Å². The van der Waals surface area contributed by atoms with E-state index in [0.717, 1.165) is 17.7 Å². The smallest absolute Gasteiger partial charge is 0.267 e. The number of aryl methyl sites for hydroxylation is 2. The van der Waals surface area contributed by atoms with E-state index in [2.05, 4.69) is 9.71 Å². The standard InChI is InChI=1S/C13H16N2O3S2/c1-4-10-5-6-11(18-3)12(7-10)20(16,17)15-13-14-9(2)8-19-13/h5-8H,4H2,1-3H3,(H,14,15). The maximum atomic E-state index is 12.4. The molecular formula is C13H16N2O3S2. The lowest BCUT2D eigenvalue weighted by Crippen LogP contribution is -2.14. The van der Waals surface area contributed by atoms with Crippen LogP contribution >= 0.6 is 11.3 Å². The van der Waals surface area contributed by atoms with E-state index < -0.39 is 10.0 Å². The molecule has 5 nitrogen and oxygen atoms in total. The molecule has 2 rings (SSSR count). The molecule has 0 atom stereocenters. The number of aromatic nitrogens is 1. The normalized spacial score (nSPS) is 11.3. The second-order valence-electron chi connectivity index (χ2n) is 4.24. The first kappa shape index (κ1) is 14.8. The molecule has 0 bridgehead atoms. The lowest BCUT2D eigenvalue weighted by Gasteiger charge is -2.11. The van der Waals surface area contributed by atoms with E-state index in [1.807, 2.05) is 19.9 Å². The minimum absolute atomic E-state index is 0.132. The maximum Gasteiger partial charge on any atom is 0.267 e. The molecule has 0 saturated carbocycles. The van der Waals surface area contributed by atoms with Crippen molar-refractivity contribution in [3.05, 3.63) is 34.8 Å². The van der Waals surface area contributed by atoms with Gasteiger partial charge in [0.15, 0.2) is 5.13 Å². The van der Waals surface area contributed by atoms with Crippen molar-refractivity contribution >= 4 is 26.5 Å². The van der Waals surface area contributed by atoms with Gasteiger partial charge in [0.2, 0.25) is 0 Å². The zero-order valence-corrected chi connectivity index (χ0v) is 13.1. The highest BCUT2D eigenvalue weighted by Gasteiger charge is 2.21. The van der Waals surface area contributed by atoms with Crippen LogP contribution in [0.1, 0.15) is 18.2 Å². The third kappa shape index (κ3) is 3.10. The molecule has 0 saturated heterocycles. The van der Waals surface area contributed by atoms with Crippen molar-refractivity contribution in [2.45, 2.75) is 25.2 Å². The molecule has 108 valence electrons. The fourth-order valence-electron chi connectivity index (χ4n) is 1.72. The number of hydrogen-bond donors (Lipinski definition) is 1. The first-order valence-corrected chi connectivity index (χ1v) is 8.44. The topological polar surface area (TPSA) is 68.3 Å². The number of thiazole rings is 1. The highest BCUT2D eigenvalue weighted by atomic mass is 32.2. The molecule has 20 heavy (non-hydrogen) atoms. The van der Waals surface area contributed by atoms with Crippen LogP contribution < -0.4 is 9.46 Å². The molecule has 1 aromatic carbocycles. The minimum atomic E-state index is -3.70. The van der Waals surface area contributed by atoms with Crippen molar-refractivity contribution in [1.29, 1.82) is 0 Å². The monoisotopic (exact) mass is 312 g/mol. The minimum Gasteiger partial charge on any atom is -0.495 e. The molecular weight excluding hydrogens is 296 g/mol. The van der Waals surface area contributed by atoms with Crippen molar-refractivity contribution in [2.75, 3.05) is 11.8 Å². The molecule has 0 aliphatic carbocycles. The van der Waals surface area contributed by atoms with Crippen molar-refractivity contribution in [3.63, 3.8) is 0 Å². The third-order valence-corrected chi connectivity index (χ3v) is 5.13. The zero-order chi connectivity index (χ0) is 14.8. The molecule has 0 unspecified atom stereocenters. The van der Waals surface area contributed by atoms with Crippen molar-refractivity contribution < 1.29 is 13.2 Å². The van der Waals surface area contributed by atoms with Crippen LogP contribution in [0.3, 0.4) is 0 Å². The van der Waals surface area contributed by atoms with Crippen molar-refractivity contribution in [2.24, 2.45) is 0 Å². The van der Waals surface area contributed by atoms with E-state index in [-0.39, 0.29) is 4.90 Å². The lowest BCUT2D eigenvalue weighted by atomic mass is 10.2. The fraction of sp³-hybridized carbons (Fsp3) is 0.308. The molecule has 0 fully saturated rings. The summed E-state index contributed by atoms with van der Waals surface area (Å²) < 4.78 is 32.5. The number of ether oxygens (including phenoxy) is 1. The van der Waals surface area contributed by atoms with Crippen LogP contribution in [0.4, 0.5) is 5.13 Å². The van der Waals surface area contributed by atoms with Crippen LogP contribution in [0.25, 0.3) is 0 Å². The molecule has 1 aromatic heterocycles. The largest absolute Gasteiger partial charge is 0.495 e. The first-order chi connectivity index (χ1) is 9.46. The van der Waals surface area contributed by atoms with Crippen LogP contribution in [0.15, 0.2) is 28.5 Å². The van der Waals surface area contributed by atoms with Crippen molar-refractivity contribution in [1.82, 2.24) is 4.98 Å². The van der Waals surface area contributed by atoms with Crippen LogP contribution in [-0.2, 0) is 16.4 Å². The van der Waals surface area contributed by atoms with Crippen LogP contribution in [0.2, 0.25) is 0 Å². The van der Waals surface area contributed by atoms with Crippen LogP contribution in [-0.4, -0.2) is 20.5 Å². The summed E-state index contributed by atoms with van der Waals surface area (Å²) in [6.45, 7) is 3.78. The summed E-state index contributed by atoms with van der Waals surface area (Å²) in [5.74, 6) is 0.322. The van der Waals surface area contributed by atoms with E-state index in [9.17, 15) is 8.42 Å². The summed E-state index contributed by atoms with van der Waals surface area (Å²) in [6, 6.07) is 5.15. The Morgan fingerprint density at radius 1 is 1.40 bits per heavy atom. The Labute approximate surface area is 122 Å². The predicted molar refractivity (Wildman–Crippen MR) is 80.0 cm³/mol. The number of rotatable bonds is 5. The van der Waals surface area contributed by atoms with Gasteiger partial charge in [-0.25, -0.2) is 13.4 Å². The van der Waals surface area contributed by atoms with Crippen LogP contribution in [0, 0.1) is 6.92 Å². The van der Waals surface area contributed by atoms with E-state index in [1.165, 1.54) is 18.4 Å². The number of nitrogens with one attached hydrogen (secondary N) is 1. The Hall–Kier alpha value is -1.60. The van der Waals surface area contributed by atoms with Gasteiger partial charge in [0.1, 0.15) is 10.6 Å². The number of methoxy groups -OCH3 is 1. The number of sulfonamides is 1. The van der Waals surface area contributed by atoms with Gasteiger partial charge >= 0.3 is 0 Å². The summed E-state index contributed by atoms with van der Waals surface area (Å²) in [7, 11) is -2.25. The molecule has 1 heterocycles. The van der Waals surface area contributed by atoms with Gasteiger partial charge in [0, 0.05) is 5.38 Å². The third-order valence-electron chi connectivity index (χ3n) is 2.77. The zero-order valence-electron chi connectivity index (χ0n) is 11.5. The van der Waals surface area contributed by atoms with Gasteiger partial charge in [0.05, 0.1) is 12.8 Å². The average molecular weight is 312 g/mol. The Morgan fingerprint density at radius 2 is 2.15 bits per heavy atom. The predicted octanol–water partition coefficient (Wildman–Crippen LogP) is 2.82. The first-order valence-electron chi connectivity index (χ1n) is 6.08. The van der Waals surface area contributed by atoms with E-state index in [1.54, 1.807) is 17.5 Å². The summed E-state index contributed by atoms with van der Waals surface area (Å²) >= 11 is 1.25. The number of benzene rings is 1. The summed E-state index contributed by atoms with van der Waals surface area (Å²) in [4.78, 5) is 4.24. The Kier molecular flexibility index (Phi) is 4.29. The molecule has 0 aliphatic heterocycles. The van der Waals surface area contributed by atoms with Gasteiger partial charge in [0.25, 0.3) is 10.0 Å². The van der Waals surface area contributed by atoms with E-state index in [4.69, 9.17) is 4.74 Å². The average Bonchev–Trinajstić information content (AvgIpc) is 2.82. The highest BCUT2D eigenvalue weighted by Crippen LogP contribution is 2.28. The Morgan fingerprint density at radius 3 is 2.70 bits per heavy atom. The molecule has 2 aromatic rings. The summed E-state index contributed by atoms with van der Waals surface area (Å²) in [5, 5.41) is 2.14. The van der Waals surface area contributed by atoms with Crippen LogP contribution in [0.5, 0.6) is 5.75 Å².